The van der Waals surface area contributed by atoms with Crippen LogP contribution < -0.4 is 0 Å². The van der Waals surface area contributed by atoms with Gasteiger partial charge in [0.15, 0.2) is 0 Å². The first-order valence-electron chi connectivity index (χ1n) is 6.23. The van der Waals surface area contributed by atoms with E-state index in [4.69, 9.17) is 0 Å². The van der Waals surface area contributed by atoms with Gasteiger partial charge in [-0.25, -0.2) is 0 Å². The van der Waals surface area contributed by atoms with Crippen LogP contribution in [0.15, 0.2) is 41.1 Å². The number of amides is 2. The van der Waals surface area contributed by atoms with Crippen LogP contribution in [-0.2, 0) is 0 Å². The highest BCUT2D eigenvalue weighted by Gasteiger charge is 2.39. The minimum absolute atomic E-state index is 0.168. The summed E-state index contributed by atoms with van der Waals surface area (Å²) in [4.78, 5) is 26.2. The summed E-state index contributed by atoms with van der Waals surface area (Å²) in [6, 6.07) is 8.82. The van der Waals surface area contributed by atoms with E-state index >= 15 is 0 Å². The molecule has 0 radical (unpaired) electrons. The lowest BCUT2D eigenvalue weighted by atomic mass is 10.1. The second-order valence-electron chi connectivity index (χ2n) is 4.51. The van der Waals surface area contributed by atoms with Crippen LogP contribution in [0.25, 0.3) is 0 Å². The molecule has 0 bridgehead atoms. The van der Waals surface area contributed by atoms with E-state index in [0.29, 0.717) is 11.1 Å². The zero-order valence-corrected chi connectivity index (χ0v) is 11.3. The van der Waals surface area contributed by atoms with Crippen molar-refractivity contribution in [3.63, 3.8) is 0 Å². The summed E-state index contributed by atoms with van der Waals surface area (Å²) in [5, 5.41) is 3.97. The highest BCUT2D eigenvalue weighted by atomic mass is 32.1. The summed E-state index contributed by atoms with van der Waals surface area (Å²) in [6.07, 6.45) is 0.724. The molecule has 1 aromatic carbocycles. The van der Waals surface area contributed by atoms with E-state index in [9.17, 15) is 9.59 Å². The predicted octanol–water partition coefficient (Wildman–Crippen LogP) is 3.50. The third-order valence-corrected chi connectivity index (χ3v) is 4.15. The van der Waals surface area contributed by atoms with Gasteiger partial charge in [-0.05, 0) is 40.9 Å². The molecule has 4 heteroatoms. The second-order valence-corrected chi connectivity index (χ2v) is 5.29. The van der Waals surface area contributed by atoms with Crippen LogP contribution in [0.3, 0.4) is 0 Å². The third-order valence-electron chi connectivity index (χ3n) is 3.45. The molecule has 1 aromatic heterocycles. The van der Waals surface area contributed by atoms with Crippen LogP contribution in [0.2, 0.25) is 0 Å². The molecule has 96 valence electrons. The maximum absolute atomic E-state index is 12.4. The molecular weight excluding hydrogens is 258 g/mol. The number of carbonyl (C=O) groups is 2. The lowest BCUT2D eigenvalue weighted by Crippen LogP contribution is -2.33. The summed E-state index contributed by atoms with van der Waals surface area (Å²) >= 11 is 1.58. The fraction of sp³-hybridized carbons (Fsp3) is 0.200. The Hall–Kier alpha value is -1.94. The molecule has 2 heterocycles. The standard InChI is InChI=1S/C15H13NO2S/c1-2-13(10-7-8-19-9-10)16-14(17)11-5-3-4-6-12(11)15(16)18/h3-9,13H,2H2,1H3. The fourth-order valence-electron chi connectivity index (χ4n) is 2.52. The van der Waals surface area contributed by atoms with Crippen molar-refractivity contribution >= 4 is 23.2 Å². The molecule has 0 aliphatic carbocycles. The van der Waals surface area contributed by atoms with Crippen LogP contribution in [0, 0.1) is 0 Å². The number of carbonyl (C=O) groups excluding carboxylic acids is 2. The summed E-state index contributed by atoms with van der Waals surface area (Å²) in [6.45, 7) is 1.99. The Kier molecular flexibility index (Phi) is 2.95. The zero-order valence-electron chi connectivity index (χ0n) is 10.5. The average Bonchev–Trinajstić information content (AvgIpc) is 3.04. The molecule has 0 fully saturated rings. The van der Waals surface area contributed by atoms with Gasteiger partial charge >= 0.3 is 0 Å². The normalized spacial score (nSPS) is 15.7. The first-order valence-corrected chi connectivity index (χ1v) is 7.17. The molecule has 0 N–H and O–H groups in total. The third kappa shape index (κ3) is 1.79. The molecule has 0 saturated carbocycles. The number of benzene rings is 1. The minimum atomic E-state index is -0.182. The molecule has 2 aromatic rings. The van der Waals surface area contributed by atoms with Crippen LogP contribution in [-0.4, -0.2) is 16.7 Å². The van der Waals surface area contributed by atoms with Crippen molar-refractivity contribution in [2.24, 2.45) is 0 Å². The quantitative estimate of drug-likeness (QED) is 0.801. The number of hydrogen-bond donors (Lipinski definition) is 0. The number of thiophene rings is 1. The van der Waals surface area contributed by atoms with Gasteiger partial charge in [-0.2, -0.15) is 11.3 Å². The molecule has 1 unspecified atom stereocenters. The molecule has 19 heavy (non-hydrogen) atoms. The number of imide groups is 1. The predicted molar refractivity (Wildman–Crippen MR) is 74.3 cm³/mol. The van der Waals surface area contributed by atoms with Crippen molar-refractivity contribution in [1.29, 1.82) is 0 Å². The average molecular weight is 271 g/mol. The number of fused-ring (bicyclic) bond motifs is 1. The fourth-order valence-corrected chi connectivity index (χ4v) is 3.23. The van der Waals surface area contributed by atoms with Crippen molar-refractivity contribution in [2.45, 2.75) is 19.4 Å². The van der Waals surface area contributed by atoms with E-state index in [2.05, 4.69) is 0 Å². The Morgan fingerprint density at radius 1 is 1.11 bits per heavy atom. The number of rotatable bonds is 3. The van der Waals surface area contributed by atoms with Crippen LogP contribution in [0.1, 0.15) is 45.7 Å². The number of hydrogen-bond acceptors (Lipinski definition) is 3. The first kappa shape index (κ1) is 12.1. The van der Waals surface area contributed by atoms with Gasteiger partial charge in [0.1, 0.15) is 0 Å². The molecule has 1 aliphatic rings. The van der Waals surface area contributed by atoms with Gasteiger partial charge in [-0.1, -0.05) is 19.1 Å². The topological polar surface area (TPSA) is 37.4 Å². The first-order chi connectivity index (χ1) is 9.24. The highest BCUT2D eigenvalue weighted by Crippen LogP contribution is 2.33. The van der Waals surface area contributed by atoms with E-state index in [1.807, 2.05) is 23.8 Å². The van der Waals surface area contributed by atoms with Gasteiger partial charge in [0.05, 0.1) is 17.2 Å². The molecular formula is C15H13NO2S. The van der Waals surface area contributed by atoms with Crippen molar-refractivity contribution in [2.75, 3.05) is 0 Å². The van der Waals surface area contributed by atoms with Gasteiger partial charge < -0.3 is 0 Å². The van der Waals surface area contributed by atoms with Gasteiger partial charge in [-0.15, -0.1) is 0 Å². The summed E-state index contributed by atoms with van der Waals surface area (Å²) in [5.74, 6) is -0.364. The molecule has 3 nitrogen and oxygen atoms in total. The van der Waals surface area contributed by atoms with E-state index in [1.54, 1.807) is 35.6 Å². The van der Waals surface area contributed by atoms with Crippen molar-refractivity contribution < 1.29 is 9.59 Å². The Bertz CT molecular complexity index is 598. The van der Waals surface area contributed by atoms with Crippen molar-refractivity contribution in [1.82, 2.24) is 4.90 Å². The maximum atomic E-state index is 12.4. The smallest absolute Gasteiger partial charge is 0.262 e. The SMILES string of the molecule is CCC(c1ccsc1)N1C(=O)c2ccccc2C1=O. The summed E-state index contributed by atoms with van der Waals surface area (Å²) in [5.41, 5.74) is 2.06. The molecule has 0 saturated heterocycles. The van der Waals surface area contributed by atoms with Crippen LogP contribution in [0.5, 0.6) is 0 Å². The molecule has 3 rings (SSSR count). The Balaban J connectivity index is 2.04. The van der Waals surface area contributed by atoms with E-state index in [0.717, 1.165) is 12.0 Å². The summed E-state index contributed by atoms with van der Waals surface area (Å²) in [7, 11) is 0. The monoisotopic (exact) mass is 271 g/mol. The lowest BCUT2D eigenvalue weighted by Gasteiger charge is -2.24. The maximum Gasteiger partial charge on any atom is 0.262 e. The molecule has 1 atom stereocenters. The second kappa shape index (κ2) is 4.63. The summed E-state index contributed by atoms with van der Waals surface area (Å²) < 4.78 is 0. The molecule has 2 amide bonds. The Labute approximate surface area is 115 Å². The van der Waals surface area contributed by atoms with E-state index in [-0.39, 0.29) is 17.9 Å². The number of nitrogens with zero attached hydrogens (tertiary/aromatic N) is 1. The Morgan fingerprint density at radius 2 is 1.74 bits per heavy atom. The van der Waals surface area contributed by atoms with Gasteiger partial charge in [0.25, 0.3) is 11.8 Å². The van der Waals surface area contributed by atoms with Gasteiger partial charge in [0, 0.05) is 0 Å². The van der Waals surface area contributed by atoms with Crippen molar-refractivity contribution in [3.8, 4) is 0 Å². The van der Waals surface area contributed by atoms with Crippen LogP contribution >= 0.6 is 11.3 Å². The lowest BCUT2D eigenvalue weighted by molar-refractivity contribution is 0.0578. The van der Waals surface area contributed by atoms with E-state index < -0.39 is 0 Å². The molecule has 0 spiro atoms. The van der Waals surface area contributed by atoms with Gasteiger partial charge in [0.2, 0.25) is 0 Å². The zero-order chi connectivity index (χ0) is 13.4. The largest absolute Gasteiger partial charge is 0.269 e. The highest BCUT2D eigenvalue weighted by molar-refractivity contribution is 7.08. The van der Waals surface area contributed by atoms with Gasteiger partial charge in [-0.3, -0.25) is 14.5 Å². The van der Waals surface area contributed by atoms with Crippen molar-refractivity contribution in [3.05, 3.63) is 57.8 Å². The molecule has 1 aliphatic heterocycles. The Morgan fingerprint density at radius 3 is 2.21 bits per heavy atom. The van der Waals surface area contributed by atoms with Crippen LogP contribution in [0.4, 0.5) is 0 Å². The van der Waals surface area contributed by atoms with E-state index in [1.165, 1.54) is 4.90 Å². The minimum Gasteiger partial charge on any atom is -0.269 e.